The number of nitrogens with zero attached hydrogens (tertiary/aromatic N) is 18. The Balaban J connectivity index is 0.000000484. The molecule has 0 atom stereocenters. The van der Waals surface area contributed by atoms with Crippen molar-refractivity contribution in [2.24, 2.45) is 20.0 Å². The van der Waals surface area contributed by atoms with Gasteiger partial charge in [0.25, 0.3) is 0 Å². The SMILES string of the molecule is CC1COC(C)OC1.CN1CCN(C)C1=O.Cc1ccc(C)nc1.Cc1cccnc1C.Cc1ccnc(C)c1.Cc1ccnc(C)n1.Cc1cnc(C)cn1.Cc1cnc(C)cn1.Cc1cnc(C)nc1.Cc1ncnc(C)n1.Cn1ccn(C)c1=O. The molecule has 0 spiro atoms. The largest absolute Gasteiger partial charge is 0.353 e. The van der Waals surface area contributed by atoms with Gasteiger partial charge in [-0.2, -0.15) is 0 Å². The van der Waals surface area contributed by atoms with Crippen molar-refractivity contribution in [3.8, 4) is 0 Å². The third-order valence-corrected chi connectivity index (χ3v) is 11.6. The van der Waals surface area contributed by atoms with Crippen molar-refractivity contribution in [1.29, 1.82) is 0 Å². The van der Waals surface area contributed by atoms with Gasteiger partial charge < -0.3 is 28.4 Å². The van der Waals surface area contributed by atoms with E-state index in [1.54, 1.807) is 67.3 Å². The maximum atomic E-state index is 10.8. The molecule has 11 rings (SSSR count). The molecule has 9 aromatic heterocycles. The third-order valence-electron chi connectivity index (χ3n) is 11.6. The van der Waals surface area contributed by atoms with Gasteiger partial charge in [-0.05, 0) is 170 Å². The summed E-state index contributed by atoms with van der Waals surface area (Å²) in [5.41, 5.74) is 13.1. The second kappa shape index (κ2) is 43.6. The molecule has 22 nitrogen and oxygen atoms in total. The number of carbonyl (C=O) groups is 1. The summed E-state index contributed by atoms with van der Waals surface area (Å²) in [4.78, 5) is 80.6. The molecule has 0 unspecified atom stereocenters. The minimum Gasteiger partial charge on any atom is -0.353 e. The van der Waals surface area contributed by atoms with Crippen LogP contribution in [-0.4, -0.2) is 141 Å². The van der Waals surface area contributed by atoms with E-state index in [0.29, 0.717) is 5.92 Å². The van der Waals surface area contributed by atoms with Gasteiger partial charge in [0.1, 0.15) is 29.6 Å². The van der Waals surface area contributed by atoms with Crippen molar-refractivity contribution < 1.29 is 14.3 Å². The van der Waals surface area contributed by atoms with E-state index in [1.165, 1.54) is 32.2 Å². The van der Waals surface area contributed by atoms with Crippen molar-refractivity contribution in [1.82, 2.24) is 88.7 Å². The molecular weight excluding hydrogens is 1110 g/mol. The Labute approximate surface area is 523 Å². The van der Waals surface area contributed by atoms with Crippen LogP contribution in [0.3, 0.4) is 0 Å². The summed E-state index contributed by atoms with van der Waals surface area (Å²) in [5.74, 6) is 3.79. The molecule has 22 heteroatoms. The number of imidazole rings is 1. The number of hydrogen-bond acceptors (Lipinski definition) is 18. The fourth-order valence-electron chi connectivity index (χ4n) is 6.28. The lowest BCUT2D eigenvalue weighted by Gasteiger charge is -2.24. The number of urea groups is 1. The summed E-state index contributed by atoms with van der Waals surface area (Å²) >= 11 is 0. The highest BCUT2D eigenvalue weighted by molar-refractivity contribution is 5.75. The molecule has 2 fully saturated rings. The predicted molar refractivity (Wildman–Crippen MR) is 348 cm³/mol. The molecule has 2 amide bonds. The maximum absolute atomic E-state index is 10.8. The zero-order chi connectivity index (χ0) is 66.1. The van der Waals surface area contributed by atoms with Crippen LogP contribution < -0.4 is 5.69 Å². The molecule has 0 N–H and O–H groups in total. The minimum atomic E-state index is 0.0185. The Hall–Kier alpha value is -9.02. The number of hydrogen-bond donors (Lipinski definition) is 0. The van der Waals surface area contributed by atoms with Crippen LogP contribution in [0.4, 0.5) is 4.79 Å². The normalized spacial score (nSPS) is 13.1. The lowest BCUT2D eigenvalue weighted by molar-refractivity contribution is -0.187. The van der Waals surface area contributed by atoms with Gasteiger partial charge in [0.2, 0.25) is 0 Å². The smallest absolute Gasteiger partial charge is 0.327 e. The number of amides is 2. The fourth-order valence-corrected chi connectivity index (χ4v) is 6.28. The summed E-state index contributed by atoms with van der Waals surface area (Å²) in [7, 11) is 7.07. The molecule has 0 saturated carbocycles. The topological polar surface area (TPSA) is 249 Å². The van der Waals surface area contributed by atoms with Crippen LogP contribution in [0.2, 0.25) is 0 Å². The number of rotatable bonds is 0. The van der Waals surface area contributed by atoms with E-state index in [1.807, 2.05) is 173 Å². The Morgan fingerprint density at radius 2 is 0.875 bits per heavy atom. The summed E-state index contributed by atoms with van der Waals surface area (Å²) in [5, 5.41) is 0. The van der Waals surface area contributed by atoms with E-state index >= 15 is 0 Å². The molecule has 0 aromatic carbocycles. The molecule has 0 aliphatic carbocycles. The second-order valence-electron chi connectivity index (χ2n) is 20.9. The minimum absolute atomic E-state index is 0.0185. The van der Waals surface area contributed by atoms with Gasteiger partial charge in [0.05, 0.1) is 36.0 Å². The number of aromatic nitrogens is 16. The van der Waals surface area contributed by atoms with Crippen LogP contribution in [0.15, 0.2) is 128 Å². The summed E-state index contributed by atoms with van der Waals surface area (Å²) in [6, 6.07) is 14.1. The van der Waals surface area contributed by atoms with Crippen molar-refractivity contribution in [3.05, 3.63) is 225 Å². The molecule has 474 valence electrons. The molecule has 9 aromatic rings. The van der Waals surface area contributed by atoms with E-state index in [9.17, 15) is 9.59 Å². The molecule has 0 radical (unpaired) electrons. The molecular formula is C66H96N18O4. The Morgan fingerprint density at radius 1 is 0.409 bits per heavy atom. The highest BCUT2D eigenvalue weighted by atomic mass is 16.7. The van der Waals surface area contributed by atoms with Gasteiger partial charge in [-0.1, -0.05) is 19.1 Å². The number of likely N-dealkylation sites (N-methyl/N-ethyl adjacent to an activating group) is 2. The van der Waals surface area contributed by atoms with Crippen LogP contribution >= 0.6 is 0 Å². The fraction of sp³-hybridized carbons (Fsp3) is 0.424. The van der Waals surface area contributed by atoms with E-state index in [-0.39, 0.29) is 18.0 Å². The maximum Gasteiger partial charge on any atom is 0.327 e. The van der Waals surface area contributed by atoms with Crippen molar-refractivity contribution in [3.63, 3.8) is 0 Å². The summed E-state index contributed by atoms with van der Waals surface area (Å²) < 4.78 is 13.4. The third kappa shape index (κ3) is 38.1. The first kappa shape index (κ1) is 77.0. The number of ether oxygens (including phenoxy) is 2. The van der Waals surface area contributed by atoms with Crippen LogP contribution in [0.1, 0.15) is 105 Å². The Bertz CT molecular complexity index is 2870. The summed E-state index contributed by atoms with van der Waals surface area (Å²) in [6.45, 7) is 38.7. The Morgan fingerprint density at radius 3 is 1.15 bits per heavy atom. The molecule has 2 aliphatic rings. The first-order chi connectivity index (χ1) is 41.5. The van der Waals surface area contributed by atoms with Crippen molar-refractivity contribution in [2.75, 3.05) is 40.4 Å². The van der Waals surface area contributed by atoms with E-state index in [0.717, 1.165) is 101 Å². The standard InChI is InChI=1S/3C7H9N.4C6H8N2.C6H12O2.C5H7N3.C5H10N2O.C5H8N2O/c1-6-3-4-8-7(2)5-6;1-6-3-4-7(2)8-5-6;1-6-4-3-5-8-7(6)2;2*1-5-3-8-6(2)4-7-5;1-5-3-7-6(2)8-4-5;1-5-3-4-7-6(2)8-5;1-5-3-7-6(2)8-4-5;1-4-6-3-7-5(2)8-4;2*1-6-3-4-7(2)5(6)8/h3*3-5H,1-2H3;4*3-4H,1-2H3;5-6H,3-4H2,1-2H3;3H,1-2H3;3-4H2,1-2H3;3-4H,1-2H3. The quantitative estimate of drug-likeness (QED) is 0.137. The average Bonchev–Trinajstić information content (AvgIpc) is 4.18. The van der Waals surface area contributed by atoms with Gasteiger partial charge >= 0.3 is 11.7 Å². The van der Waals surface area contributed by atoms with Gasteiger partial charge in [-0.25, -0.2) is 44.5 Å². The number of carbonyl (C=O) groups excluding carboxylic acids is 1. The lowest BCUT2D eigenvalue weighted by atomic mass is 10.2. The highest BCUT2D eigenvalue weighted by Gasteiger charge is 2.20. The predicted octanol–water partition coefficient (Wildman–Crippen LogP) is 10.7. The molecule has 2 aliphatic heterocycles. The zero-order valence-corrected chi connectivity index (χ0v) is 56.2. The Kier molecular flexibility index (Phi) is 38.1. The number of aryl methyl sites for hydroxylation is 18. The zero-order valence-electron chi connectivity index (χ0n) is 56.2. The van der Waals surface area contributed by atoms with Gasteiger partial charge in [-0.15, -0.1) is 0 Å². The average molecular weight is 1210 g/mol. The van der Waals surface area contributed by atoms with Crippen LogP contribution in [0, 0.1) is 117 Å². The summed E-state index contributed by atoms with van der Waals surface area (Å²) in [6.07, 6.45) is 22.9. The van der Waals surface area contributed by atoms with Crippen LogP contribution in [0.25, 0.3) is 0 Å². The van der Waals surface area contributed by atoms with Crippen LogP contribution in [0.5, 0.6) is 0 Å². The van der Waals surface area contributed by atoms with Gasteiger partial charge in [0, 0.05) is 144 Å². The molecule has 0 bridgehead atoms. The first-order valence-corrected chi connectivity index (χ1v) is 28.7. The van der Waals surface area contributed by atoms with Gasteiger partial charge in [-0.3, -0.25) is 34.9 Å². The van der Waals surface area contributed by atoms with E-state index in [2.05, 4.69) is 109 Å². The van der Waals surface area contributed by atoms with Crippen LogP contribution in [-0.2, 0) is 23.6 Å². The first-order valence-electron chi connectivity index (χ1n) is 28.7. The monoisotopic (exact) mass is 1200 g/mol. The second-order valence-corrected chi connectivity index (χ2v) is 20.9. The highest BCUT2D eigenvalue weighted by Crippen LogP contribution is 2.08. The molecule has 88 heavy (non-hydrogen) atoms. The van der Waals surface area contributed by atoms with Crippen molar-refractivity contribution >= 4 is 6.03 Å². The molecule has 11 heterocycles. The van der Waals surface area contributed by atoms with E-state index in [4.69, 9.17) is 9.47 Å². The molecule has 2 saturated heterocycles. The lowest BCUT2D eigenvalue weighted by Crippen LogP contribution is -2.27. The van der Waals surface area contributed by atoms with Gasteiger partial charge in [0.15, 0.2) is 6.29 Å². The number of pyridine rings is 3. The van der Waals surface area contributed by atoms with Crippen molar-refractivity contribution in [2.45, 2.75) is 131 Å². The van der Waals surface area contributed by atoms with E-state index < -0.39 is 0 Å².